The van der Waals surface area contributed by atoms with Crippen molar-refractivity contribution < 1.29 is 14.7 Å². The highest BCUT2D eigenvalue weighted by Gasteiger charge is 2.24. The standard InChI is InChI=1S/C13H18N2O3.2C2H6/c1-9(16)15(3)12(13(18)14-2)8-10-4-6-11(17)7-5-10;2*1-2/h4-7,12,17H,8H2,1-3H3,(H,14,18);2*1-2H3. The average Bonchev–Trinajstić information content (AvgIpc) is 2.56. The van der Waals surface area contributed by atoms with Crippen molar-refractivity contribution >= 4 is 11.8 Å². The van der Waals surface area contributed by atoms with Crippen LogP contribution in [0.3, 0.4) is 0 Å². The van der Waals surface area contributed by atoms with Crippen molar-refractivity contribution in [3.05, 3.63) is 29.8 Å². The number of phenolic OH excluding ortho intramolecular Hbond substituents is 1. The molecule has 1 atom stereocenters. The van der Waals surface area contributed by atoms with E-state index in [0.29, 0.717) is 6.42 Å². The topological polar surface area (TPSA) is 69.6 Å². The fourth-order valence-electron chi connectivity index (χ4n) is 1.65. The van der Waals surface area contributed by atoms with Gasteiger partial charge in [0.1, 0.15) is 11.8 Å². The van der Waals surface area contributed by atoms with Crippen LogP contribution in [0.15, 0.2) is 24.3 Å². The van der Waals surface area contributed by atoms with Gasteiger partial charge in [0.15, 0.2) is 0 Å². The first-order chi connectivity index (χ1) is 10.5. The molecular weight excluding hydrogens is 280 g/mol. The maximum atomic E-state index is 11.8. The van der Waals surface area contributed by atoms with E-state index in [0.717, 1.165) is 5.56 Å². The third kappa shape index (κ3) is 7.67. The predicted molar refractivity (Wildman–Crippen MR) is 90.8 cm³/mol. The van der Waals surface area contributed by atoms with Gasteiger partial charge in [-0.15, -0.1) is 0 Å². The lowest BCUT2D eigenvalue weighted by molar-refractivity contribution is -0.137. The van der Waals surface area contributed by atoms with Gasteiger partial charge in [0.25, 0.3) is 0 Å². The van der Waals surface area contributed by atoms with E-state index in [-0.39, 0.29) is 17.6 Å². The Morgan fingerprint density at radius 2 is 1.59 bits per heavy atom. The van der Waals surface area contributed by atoms with Crippen LogP contribution in [0.5, 0.6) is 5.75 Å². The summed E-state index contributed by atoms with van der Waals surface area (Å²) >= 11 is 0. The third-order valence-corrected chi connectivity index (χ3v) is 2.88. The summed E-state index contributed by atoms with van der Waals surface area (Å²) in [7, 11) is 3.14. The maximum absolute atomic E-state index is 11.8. The number of amides is 2. The van der Waals surface area contributed by atoms with Crippen LogP contribution >= 0.6 is 0 Å². The molecule has 126 valence electrons. The van der Waals surface area contributed by atoms with Crippen LogP contribution in [0.2, 0.25) is 0 Å². The molecule has 0 heterocycles. The number of carbonyl (C=O) groups excluding carboxylic acids is 2. The second-order valence-electron chi connectivity index (χ2n) is 4.13. The Hall–Kier alpha value is -2.04. The number of likely N-dealkylation sites (N-methyl/N-ethyl adjacent to an activating group) is 2. The molecule has 0 spiro atoms. The van der Waals surface area contributed by atoms with Crippen molar-refractivity contribution in [1.29, 1.82) is 0 Å². The number of aromatic hydroxyl groups is 1. The Kier molecular flexibility index (Phi) is 12.8. The fourth-order valence-corrected chi connectivity index (χ4v) is 1.65. The summed E-state index contributed by atoms with van der Waals surface area (Å²) in [6.07, 6.45) is 0.413. The fraction of sp³-hybridized carbons (Fsp3) is 0.529. The Balaban J connectivity index is 0. The van der Waals surface area contributed by atoms with Crippen LogP contribution in [0.1, 0.15) is 40.2 Å². The number of carbonyl (C=O) groups is 2. The zero-order valence-electron chi connectivity index (χ0n) is 14.8. The number of phenols is 1. The Bertz CT molecular complexity index is 430. The van der Waals surface area contributed by atoms with Crippen molar-refractivity contribution in [3.8, 4) is 5.75 Å². The summed E-state index contributed by atoms with van der Waals surface area (Å²) in [5, 5.41) is 11.8. The number of nitrogens with zero attached hydrogens (tertiary/aromatic N) is 1. The molecule has 1 unspecified atom stereocenters. The molecule has 0 aliphatic heterocycles. The van der Waals surface area contributed by atoms with E-state index in [1.165, 1.54) is 11.8 Å². The van der Waals surface area contributed by atoms with E-state index in [2.05, 4.69) is 5.32 Å². The quantitative estimate of drug-likeness (QED) is 0.898. The predicted octanol–water partition coefficient (Wildman–Crippen LogP) is 2.58. The van der Waals surface area contributed by atoms with Gasteiger partial charge in [-0.05, 0) is 17.7 Å². The minimum Gasteiger partial charge on any atom is -0.508 e. The number of nitrogens with one attached hydrogen (secondary N) is 1. The zero-order valence-corrected chi connectivity index (χ0v) is 14.8. The molecule has 2 N–H and O–H groups in total. The summed E-state index contributed by atoms with van der Waals surface area (Å²) < 4.78 is 0. The molecule has 1 aromatic rings. The molecular formula is C17H30N2O3. The lowest BCUT2D eigenvalue weighted by Crippen LogP contribution is -2.47. The summed E-state index contributed by atoms with van der Waals surface area (Å²) in [5.74, 6) is -0.196. The van der Waals surface area contributed by atoms with Gasteiger partial charge >= 0.3 is 0 Å². The first-order valence-corrected chi connectivity index (χ1v) is 7.68. The molecule has 0 saturated heterocycles. The van der Waals surface area contributed by atoms with Crippen LogP contribution in [-0.4, -0.2) is 42.0 Å². The van der Waals surface area contributed by atoms with Crippen molar-refractivity contribution in [1.82, 2.24) is 10.2 Å². The van der Waals surface area contributed by atoms with E-state index >= 15 is 0 Å². The molecule has 5 nitrogen and oxygen atoms in total. The van der Waals surface area contributed by atoms with Crippen molar-refractivity contribution in [3.63, 3.8) is 0 Å². The molecule has 5 heteroatoms. The van der Waals surface area contributed by atoms with Gasteiger partial charge in [0.2, 0.25) is 11.8 Å². The molecule has 0 aliphatic rings. The van der Waals surface area contributed by atoms with E-state index < -0.39 is 6.04 Å². The molecule has 22 heavy (non-hydrogen) atoms. The van der Waals surface area contributed by atoms with Crippen LogP contribution in [0.25, 0.3) is 0 Å². The molecule has 0 saturated carbocycles. The molecule has 1 aromatic carbocycles. The van der Waals surface area contributed by atoms with E-state index in [1.54, 1.807) is 38.4 Å². The number of hydrogen-bond acceptors (Lipinski definition) is 3. The third-order valence-electron chi connectivity index (χ3n) is 2.88. The minimum absolute atomic E-state index is 0.164. The number of benzene rings is 1. The number of rotatable bonds is 4. The summed E-state index contributed by atoms with van der Waals surface area (Å²) in [6.45, 7) is 9.42. The van der Waals surface area contributed by atoms with Gasteiger partial charge in [-0.2, -0.15) is 0 Å². The molecule has 0 radical (unpaired) electrons. The van der Waals surface area contributed by atoms with Gasteiger partial charge < -0.3 is 15.3 Å². The van der Waals surface area contributed by atoms with E-state index in [4.69, 9.17) is 0 Å². The van der Waals surface area contributed by atoms with Crippen LogP contribution in [0, 0.1) is 0 Å². The lowest BCUT2D eigenvalue weighted by Gasteiger charge is -2.25. The summed E-state index contributed by atoms with van der Waals surface area (Å²) in [4.78, 5) is 24.5. The zero-order chi connectivity index (χ0) is 17.7. The smallest absolute Gasteiger partial charge is 0.242 e. The first-order valence-electron chi connectivity index (χ1n) is 7.68. The van der Waals surface area contributed by atoms with Crippen molar-refractivity contribution in [2.45, 2.75) is 47.1 Å². The molecule has 1 rings (SSSR count). The highest BCUT2D eigenvalue weighted by molar-refractivity contribution is 5.86. The monoisotopic (exact) mass is 310 g/mol. The second kappa shape index (κ2) is 12.7. The Morgan fingerprint density at radius 1 is 1.14 bits per heavy atom. The van der Waals surface area contributed by atoms with Crippen LogP contribution < -0.4 is 5.32 Å². The van der Waals surface area contributed by atoms with Gasteiger partial charge in [-0.3, -0.25) is 9.59 Å². The summed E-state index contributed by atoms with van der Waals surface area (Å²) in [6, 6.07) is 6.05. The van der Waals surface area contributed by atoms with Crippen LogP contribution in [0.4, 0.5) is 0 Å². The van der Waals surface area contributed by atoms with Crippen molar-refractivity contribution in [2.75, 3.05) is 14.1 Å². The lowest BCUT2D eigenvalue weighted by atomic mass is 10.0. The molecule has 0 bridgehead atoms. The normalized spacial score (nSPS) is 10.1. The Labute approximate surface area is 134 Å². The molecule has 0 fully saturated rings. The molecule has 2 amide bonds. The first kappa shape index (κ1) is 22.2. The van der Waals surface area contributed by atoms with Gasteiger partial charge in [0.05, 0.1) is 0 Å². The van der Waals surface area contributed by atoms with E-state index in [1.807, 2.05) is 27.7 Å². The SMILES string of the molecule is CC.CC.CNC(=O)C(Cc1ccc(O)cc1)N(C)C(C)=O. The van der Waals surface area contributed by atoms with Crippen molar-refractivity contribution in [2.24, 2.45) is 0 Å². The molecule has 0 aromatic heterocycles. The maximum Gasteiger partial charge on any atom is 0.242 e. The average molecular weight is 310 g/mol. The van der Waals surface area contributed by atoms with Gasteiger partial charge in [-0.1, -0.05) is 39.8 Å². The van der Waals surface area contributed by atoms with Gasteiger partial charge in [-0.25, -0.2) is 0 Å². The second-order valence-corrected chi connectivity index (χ2v) is 4.13. The number of hydrogen-bond donors (Lipinski definition) is 2. The highest BCUT2D eigenvalue weighted by atomic mass is 16.3. The highest BCUT2D eigenvalue weighted by Crippen LogP contribution is 2.13. The van der Waals surface area contributed by atoms with Gasteiger partial charge in [0, 0.05) is 27.4 Å². The molecule has 0 aliphatic carbocycles. The Morgan fingerprint density at radius 3 is 1.95 bits per heavy atom. The summed E-state index contributed by atoms with van der Waals surface area (Å²) in [5.41, 5.74) is 0.884. The van der Waals surface area contributed by atoms with E-state index in [9.17, 15) is 14.7 Å². The minimum atomic E-state index is -0.544. The van der Waals surface area contributed by atoms with Crippen LogP contribution in [-0.2, 0) is 16.0 Å². The largest absolute Gasteiger partial charge is 0.508 e.